The largest absolute Gasteiger partial charge is 0.363 e. The number of carbonyl (C=O) groups excluding carboxylic acids is 1. The molecular formula is C16H12ClN5O. The Morgan fingerprint density at radius 2 is 2.13 bits per heavy atom. The van der Waals surface area contributed by atoms with Gasteiger partial charge in [0.25, 0.3) is 5.91 Å². The Balaban J connectivity index is 1.96. The molecule has 0 aliphatic carbocycles. The third-order valence-electron chi connectivity index (χ3n) is 3.90. The molecule has 1 amide bonds. The zero-order chi connectivity index (χ0) is 16.0. The maximum absolute atomic E-state index is 11.5. The second kappa shape index (κ2) is 5.17. The average molecular weight is 326 g/mol. The van der Waals surface area contributed by atoms with Crippen LogP contribution in [0.2, 0.25) is 5.02 Å². The van der Waals surface area contributed by atoms with Crippen molar-refractivity contribution in [2.24, 2.45) is 5.73 Å². The molecule has 0 saturated carbocycles. The molecule has 114 valence electrons. The molecule has 23 heavy (non-hydrogen) atoms. The van der Waals surface area contributed by atoms with E-state index in [2.05, 4.69) is 15.0 Å². The predicted molar refractivity (Wildman–Crippen MR) is 88.0 cm³/mol. The standard InChI is InChI=1S/C16H12ClN5O/c17-10-2-1-9-4-6-22(13(9)7-10)16-11-3-5-19-8-12(11)20-15(21-16)14(18)23/h1-3,5,7-8H,4,6H2,(H2,18,23). The second-order valence-corrected chi connectivity index (χ2v) is 5.74. The van der Waals surface area contributed by atoms with Crippen molar-refractivity contribution >= 4 is 39.9 Å². The molecule has 0 saturated heterocycles. The SMILES string of the molecule is NC(=O)c1nc(N2CCc3ccc(Cl)cc32)c2ccncc2n1. The Morgan fingerprint density at radius 3 is 2.96 bits per heavy atom. The molecule has 0 unspecified atom stereocenters. The van der Waals surface area contributed by atoms with Gasteiger partial charge >= 0.3 is 0 Å². The molecule has 0 spiro atoms. The first-order chi connectivity index (χ1) is 11.1. The van der Waals surface area contributed by atoms with Gasteiger partial charge < -0.3 is 10.6 Å². The Morgan fingerprint density at radius 1 is 1.26 bits per heavy atom. The molecular weight excluding hydrogens is 314 g/mol. The molecule has 0 atom stereocenters. The molecule has 0 bridgehead atoms. The van der Waals surface area contributed by atoms with Gasteiger partial charge in [0.15, 0.2) is 0 Å². The van der Waals surface area contributed by atoms with E-state index in [1.807, 2.05) is 29.2 Å². The van der Waals surface area contributed by atoms with Gasteiger partial charge in [0, 0.05) is 28.8 Å². The number of nitrogens with zero attached hydrogens (tertiary/aromatic N) is 4. The number of hydrogen-bond acceptors (Lipinski definition) is 5. The molecule has 0 fully saturated rings. The van der Waals surface area contributed by atoms with Gasteiger partial charge in [-0.2, -0.15) is 0 Å². The zero-order valence-electron chi connectivity index (χ0n) is 12.0. The van der Waals surface area contributed by atoms with Crippen LogP contribution in [0.15, 0.2) is 36.7 Å². The van der Waals surface area contributed by atoms with Crippen molar-refractivity contribution in [2.75, 3.05) is 11.4 Å². The summed E-state index contributed by atoms with van der Waals surface area (Å²) in [5, 5.41) is 1.48. The molecule has 3 aromatic rings. The van der Waals surface area contributed by atoms with E-state index in [0.717, 1.165) is 24.0 Å². The summed E-state index contributed by atoms with van der Waals surface area (Å²) >= 11 is 6.13. The minimum absolute atomic E-state index is 0.0176. The van der Waals surface area contributed by atoms with E-state index in [-0.39, 0.29) is 5.82 Å². The van der Waals surface area contributed by atoms with Gasteiger partial charge in [0.1, 0.15) is 5.82 Å². The number of anilines is 2. The third-order valence-corrected chi connectivity index (χ3v) is 4.13. The van der Waals surface area contributed by atoms with Crippen molar-refractivity contribution in [2.45, 2.75) is 6.42 Å². The quantitative estimate of drug-likeness (QED) is 0.782. The highest BCUT2D eigenvalue weighted by Crippen LogP contribution is 2.37. The molecule has 1 aliphatic heterocycles. The Kier molecular flexibility index (Phi) is 3.12. The van der Waals surface area contributed by atoms with Crippen molar-refractivity contribution in [3.63, 3.8) is 0 Å². The van der Waals surface area contributed by atoms with Crippen molar-refractivity contribution in [3.05, 3.63) is 53.1 Å². The van der Waals surface area contributed by atoms with Crippen LogP contribution in [0.1, 0.15) is 16.2 Å². The lowest BCUT2D eigenvalue weighted by Crippen LogP contribution is -2.20. The van der Waals surface area contributed by atoms with E-state index in [1.54, 1.807) is 12.4 Å². The smallest absolute Gasteiger partial charge is 0.286 e. The molecule has 1 aliphatic rings. The number of rotatable bonds is 2. The number of aromatic nitrogens is 3. The Labute approximate surface area is 136 Å². The summed E-state index contributed by atoms with van der Waals surface area (Å²) in [6.07, 6.45) is 4.16. The van der Waals surface area contributed by atoms with Gasteiger partial charge in [0.2, 0.25) is 5.82 Å². The number of amides is 1. The lowest BCUT2D eigenvalue weighted by atomic mass is 10.2. The van der Waals surface area contributed by atoms with Crippen LogP contribution in [0.25, 0.3) is 10.9 Å². The van der Waals surface area contributed by atoms with Crippen molar-refractivity contribution in [1.82, 2.24) is 15.0 Å². The fraction of sp³-hybridized carbons (Fsp3) is 0.125. The topological polar surface area (TPSA) is 85.0 Å². The highest BCUT2D eigenvalue weighted by molar-refractivity contribution is 6.31. The first-order valence-corrected chi connectivity index (χ1v) is 7.49. The molecule has 2 N–H and O–H groups in total. The first kappa shape index (κ1) is 13.9. The molecule has 6 nitrogen and oxygen atoms in total. The number of pyridine rings is 1. The van der Waals surface area contributed by atoms with Crippen LogP contribution in [0, 0.1) is 0 Å². The van der Waals surface area contributed by atoms with Crippen molar-refractivity contribution in [1.29, 1.82) is 0 Å². The van der Waals surface area contributed by atoms with Crippen molar-refractivity contribution < 1.29 is 4.79 Å². The van der Waals surface area contributed by atoms with Crippen LogP contribution in [-0.2, 0) is 6.42 Å². The molecule has 7 heteroatoms. The number of hydrogen-bond donors (Lipinski definition) is 1. The minimum atomic E-state index is -0.664. The fourth-order valence-corrected chi connectivity index (χ4v) is 3.02. The molecule has 2 aromatic heterocycles. The van der Waals surface area contributed by atoms with Crippen LogP contribution in [0.3, 0.4) is 0 Å². The van der Waals surface area contributed by atoms with Crippen LogP contribution in [-0.4, -0.2) is 27.4 Å². The van der Waals surface area contributed by atoms with Crippen LogP contribution in [0.4, 0.5) is 11.5 Å². The number of halogens is 1. The van der Waals surface area contributed by atoms with Crippen LogP contribution in [0.5, 0.6) is 0 Å². The molecule has 4 rings (SSSR count). The van der Waals surface area contributed by atoms with E-state index >= 15 is 0 Å². The summed E-state index contributed by atoms with van der Waals surface area (Å²) in [5.74, 6) is -0.0364. The summed E-state index contributed by atoms with van der Waals surface area (Å²) in [6.45, 7) is 0.752. The average Bonchev–Trinajstić information content (AvgIpc) is 2.96. The van der Waals surface area contributed by atoms with E-state index in [1.165, 1.54) is 5.56 Å². The zero-order valence-corrected chi connectivity index (χ0v) is 12.8. The number of nitrogens with two attached hydrogens (primary N) is 1. The van der Waals surface area contributed by atoms with Crippen molar-refractivity contribution in [3.8, 4) is 0 Å². The third kappa shape index (κ3) is 2.27. The van der Waals surface area contributed by atoms with Gasteiger partial charge in [-0.3, -0.25) is 9.78 Å². The monoisotopic (exact) mass is 325 g/mol. The van der Waals surface area contributed by atoms with Gasteiger partial charge in [-0.1, -0.05) is 17.7 Å². The van der Waals surface area contributed by atoms with E-state index in [0.29, 0.717) is 16.4 Å². The molecule has 1 aromatic carbocycles. The van der Waals surface area contributed by atoms with Crippen LogP contribution >= 0.6 is 11.6 Å². The first-order valence-electron chi connectivity index (χ1n) is 7.11. The van der Waals surface area contributed by atoms with E-state index < -0.39 is 5.91 Å². The van der Waals surface area contributed by atoms with Gasteiger partial charge in [0.05, 0.1) is 11.7 Å². The number of fused-ring (bicyclic) bond motifs is 2. The van der Waals surface area contributed by atoms with Crippen LogP contribution < -0.4 is 10.6 Å². The summed E-state index contributed by atoms with van der Waals surface area (Å²) in [4.78, 5) is 26.2. The number of primary amides is 1. The van der Waals surface area contributed by atoms with Gasteiger partial charge in [-0.05, 0) is 30.2 Å². The Bertz CT molecular complexity index is 943. The highest BCUT2D eigenvalue weighted by atomic mass is 35.5. The minimum Gasteiger partial charge on any atom is -0.363 e. The van der Waals surface area contributed by atoms with E-state index in [9.17, 15) is 4.79 Å². The maximum Gasteiger partial charge on any atom is 0.286 e. The lowest BCUT2D eigenvalue weighted by Gasteiger charge is -2.20. The van der Waals surface area contributed by atoms with Gasteiger partial charge in [-0.15, -0.1) is 0 Å². The molecule has 3 heterocycles. The highest BCUT2D eigenvalue weighted by Gasteiger charge is 2.25. The molecule has 0 radical (unpaired) electrons. The summed E-state index contributed by atoms with van der Waals surface area (Å²) < 4.78 is 0. The number of carbonyl (C=O) groups is 1. The van der Waals surface area contributed by atoms with Gasteiger partial charge in [-0.25, -0.2) is 9.97 Å². The Hall–Kier alpha value is -2.73. The maximum atomic E-state index is 11.5. The normalized spacial score (nSPS) is 13.3. The summed E-state index contributed by atoms with van der Waals surface area (Å²) in [5.41, 5.74) is 8.13. The fourth-order valence-electron chi connectivity index (χ4n) is 2.85. The predicted octanol–water partition coefficient (Wildman–Crippen LogP) is 2.47. The summed E-state index contributed by atoms with van der Waals surface area (Å²) in [7, 11) is 0. The number of benzene rings is 1. The lowest BCUT2D eigenvalue weighted by molar-refractivity contribution is 0.0991. The summed E-state index contributed by atoms with van der Waals surface area (Å²) in [6, 6.07) is 7.62. The second-order valence-electron chi connectivity index (χ2n) is 5.30. The van der Waals surface area contributed by atoms with E-state index in [4.69, 9.17) is 17.3 Å².